The van der Waals surface area contributed by atoms with E-state index in [2.05, 4.69) is 0 Å². The summed E-state index contributed by atoms with van der Waals surface area (Å²) in [7, 11) is 0. The van der Waals surface area contributed by atoms with Gasteiger partial charge in [0.1, 0.15) is 5.75 Å². The van der Waals surface area contributed by atoms with Crippen molar-refractivity contribution in [1.82, 2.24) is 0 Å². The van der Waals surface area contributed by atoms with E-state index in [-0.39, 0.29) is 0 Å². The predicted molar refractivity (Wildman–Crippen MR) is 66.6 cm³/mol. The van der Waals surface area contributed by atoms with E-state index in [0.717, 1.165) is 22.8 Å². The standard InChI is InChI=1S/C13H17ClO3/c1-10-9-11(14)3-4-12(10)15-6-5-13(2)16-7-8-17-13/h3-4,9H,5-8H2,1-2H3. The van der Waals surface area contributed by atoms with Crippen LogP contribution in [0.5, 0.6) is 5.75 Å². The summed E-state index contributed by atoms with van der Waals surface area (Å²) in [6.45, 7) is 5.81. The number of hydrogen-bond acceptors (Lipinski definition) is 3. The normalized spacial score (nSPS) is 18.3. The summed E-state index contributed by atoms with van der Waals surface area (Å²) in [5.41, 5.74) is 1.04. The molecule has 1 aromatic rings. The van der Waals surface area contributed by atoms with Gasteiger partial charge in [0.25, 0.3) is 0 Å². The first-order chi connectivity index (χ1) is 8.09. The zero-order chi connectivity index (χ0) is 12.3. The van der Waals surface area contributed by atoms with Crippen LogP contribution in [0.4, 0.5) is 0 Å². The van der Waals surface area contributed by atoms with Crippen LogP contribution >= 0.6 is 11.6 Å². The SMILES string of the molecule is Cc1cc(Cl)ccc1OCCC1(C)OCCO1. The minimum absolute atomic E-state index is 0.486. The van der Waals surface area contributed by atoms with Gasteiger partial charge in [-0.3, -0.25) is 0 Å². The first-order valence-electron chi connectivity index (χ1n) is 5.76. The maximum Gasteiger partial charge on any atom is 0.168 e. The summed E-state index contributed by atoms with van der Waals surface area (Å²) in [6.07, 6.45) is 0.717. The lowest BCUT2D eigenvalue weighted by Gasteiger charge is -2.22. The number of ether oxygens (including phenoxy) is 3. The zero-order valence-electron chi connectivity index (χ0n) is 10.2. The highest BCUT2D eigenvalue weighted by Gasteiger charge is 2.30. The summed E-state index contributed by atoms with van der Waals surface area (Å²) in [5, 5.41) is 0.726. The monoisotopic (exact) mass is 256 g/mol. The highest BCUT2D eigenvalue weighted by atomic mass is 35.5. The molecule has 3 nitrogen and oxygen atoms in total. The summed E-state index contributed by atoms with van der Waals surface area (Å²) >= 11 is 5.88. The molecule has 1 heterocycles. The van der Waals surface area contributed by atoms with E-state index < -0.39 is 5.79 Å². The molecule has 4 heteroatoms. The van der Waals surface area contributed by atoms with Crippen molar-refractivity contribution in [2.45, 2.75) is 26.1 Å². The largest absolute Gasteiger partial charge is 0.493 e. The van der Waals surface area contributed by atoms with Gasteiger partial charge in [-0.15, -0.1) is 0 Å². The van der Waals surface area contributed by atoms with Crippen molar-refractivity contribution >= 4 is 11.6 Å². The van der Waals surface area contributed by atoms with Crippen LogP contribution in [-0.2, 0) is 9.47 Å². The lowest BCUT2D eigenvalue weighted by atomic mass is 10.2. The van der Waals surface area contributed by atoms with Gasteiger partial charge < -0.3 is 14.2 Å². The Morgan fingerprint density at radius 2 is 2.06 bits per heavy atom. The molecule has 0 saturated carbocycles. The third-order valence-corrected chi connectivity index (χ3v) is 3.08. The Morgan fingerprint density at radius 3 is 2.71 bits per heavy atom. The molecule has 94 valence electrons. The maximum absolute atomic E-state index is 5.88. The second-order valence-electron chi connectivity index (χ2n) is 4.34. The minimum atomic E-state index is -0.486. The van der Waals surface area contributed by atoms with E-state index in [4.69, 9.17) is 25.8 Å². The molecule has 0 aromatic heterocycles. The van der Waals surface area contributed by atoms with Crippen molar-refractivity contribution in [3.8, 4) is 5.75 Å². The molecule has 0 spiro atoms. The number of hydrogen-bond donors (Lipinski definition) is 0. The Bertz CT molecular complexity index is 386. The zero-order valence-corrected chi connectivity index (χ0v) is 10.9. The Morgan fingerprint density at radius 1 is 1.35 bits per heavy atom. The summed E-state index contributed by atoms with van der Waals surface area (Å²) in [4.78, 5) is 0. The fourth-order valence-electron chi connectivity index (χ4n) is 1.82. The molecule has 0 amide bonds. The Labute approximate surface area is 107 Å². The molecule has 0 aliphatic carbocycles. The summed E-state index contributed by atoms with van der Waals surface area (Å²) < 4.78 is 16.7. The van der Waals surface area contributed by atoms with Gasteiger partial charge in [0.2, 0.25) is 0 Å². The van der Waals surface area contributed by atoms with Crippen LogP contribution < -0.4 is 4.74 Å². The molecular weight excluding hydrogens is 240 g/mol. The van der Waals surface area contributed by atoms with E-state index in [1.165, 1.54) is 0 Å². The van der Waals surface area contributed by atoms with E-state index in [0.29, 0.717) is 19.8 Å². The van der Waals surface area contributed by atoms with Gasteiger partial charge in [0.05, 0.1) is 19.8 Å². The molecule has 0 N–H and O–H groups in total. The third kappa shape index (κ3) is 3.35. The highest BCUT2D eigenvalue weighted by molar-refractivity contribution is 6.30. The van der Waals surface area contributed by atoms with Gasteiger partial charge in [-0.1, -0.05) is 11.6 Å². The number of halogens is 1. The molecule has 0 unspecified atom stereocenters. The van der Waals surface area contributed by atoms with Gasteiger partial charge >= 0.3 is 0 Å². The number of rotatable bonds is 4. The van der Waals surface area contributed by atoms with Crippen LogP contribution in [0, 0.1) is 6.92 Å². The van der Waals surface area contributed by atoms with Crippen LogP contribution in [0.1, 0.15) is 18.9 Å². The molecule has 2 rings (SSSR count). The van der Waals surface area contributed by atoms with Crippen LogP contribution in [0.25, 0.3) is 0 Å². The fourth-order valence-corrected chi connectivity index (χ4v) is 2.05. The molecule has 1 aromatic carbocycles. The lowest BCUT2D eigenvalue weighted by Crippen LogP contribution is -2.28. The number of aryl methyl sites for hydroxylation is 1. The topological polar surface area (TPSA) is 27.7 Å². The molecule has 1 fully saturated rings. The Balaban J connectivity index is 1.85. The first-order valence-corrected chi connectivity index (χ1v) is 6.14. The van der Waals surface area contributed by atoms with Crippen molar-refractivity contribution in [1.29, 1.82) is 0 Å². The fraction of sp³-hybridized carbons (Fsp3) is 0.538. The van der Waals surface area contributed by atoms with Crippen LogP contribution in [0.2, 0.25) is 5.02 Å². The smallest absolute Gasteiger partial charge is 0.168 e. The third-order valence-electron chi connectivity index (χ3n) is 2.85. The van der Waals surface area contributed by atoms with Crippen molar-refractivity contribution in [3.05, 3.63) is 28.8 Å². The maximum atomic E-state index is 5.88. The predicted octanol–water partition coefficient (Wildman–Crippen LogP) is 3.18. The lowest BCUT2D eigenvalue weighted by molar-refractivity contribution is -0.150. The van der Waals surface area contributed by atoms with E-state index >= 15 is 0 Å². The molecule has 0 radical (unpaired) electrons. The van der Waals surface area contributed by atoms with Gasteiger partial charge in [-0.25, -0.2) is 0 Å². The molecular formula is C13H17ClO3. The van der Waals surface area contributed by atoms with Gasteiger partial charge in [-0.05, 0) is 37.6 Å². The molecule has 17 heavy (non-hydrogen) atoms. The van der Waals surface area contributed by atoms with E-state index in [1.54, 1.807) is 0 Å². The van der Waals surface area contributed by atoms with Gasteiger partial charge in [0.15, 0.2) is 5.79 Å². The molecule has 1 aliphatic heterocycles. The number of benzene rings is 1. The van der Waals surface area contributed by atoms with Crippen molar-refractivity contribution in [2.75, 3.05) is 19.8 Å². The van der Waals surface area contributed by atoms with Crippen molar-refractivity contribution in [3.63, 3.8) is 0 Å². The van der Waals surface area contributed by atoms with Crippen LogP contribution in [0.3, 0.4) is 0 Å². The second-order valence-corrected chi connectivity index (χ2v) is 4.78. The highest BCUT2D eigenvalue weighted by Crippen LogP contribution is 2.25. The average molecular weight is 257 g/mol. The molecule has 1 saturated heterocycles. The van der Waals surface area contributed by atoms with E-state index in [9.17, 15) is 0 Å². The van der Waals surface area contributed by atoms with Crippen LogP contribution in [0.15, 0.2) is 18.2 Å². The molecule has 1 aliphatic rings. The van der Waals surface area contributed by atoms with Gasteiger partial charge in [0, 0.05) is 11.4 Å². The van der Waals surface area contributed by atoms with Crippen molar-refractivity contribution in [2.24, 2.45) is 0 Å². The van der Waals surface area contributed by atoms with E-state index in [1.807, 2.05) is 32.0 Å². The second kappa shape index (κ2) is 5.25. The minimum Gasteiger partial charge on any atom is -0.493 e. The quantitative estimate of drug-likeness (QED) is 0.828. The summed E-state index contributed by atoms with van der Waals surface area (Å²) in [6, 6.07) is 5.60. The van der Waals surface area contributed by atoms with Gasteiger partial charge in [-0.2, -0.15) is 0 Å². The molecule has 0 atom stereocenters. The van der Waals surface area contributed by atoms with Crippen molar-refractivity contribution < 1.29 is 14.2 Å². The molecule has 0 bridgehead atoms. The first kappa shape index (κ1) is 12.7. The van der Waals surface area contributed by atoms with Crippen LogP contribution in [-0.4, -0.2) is 25.6 Å². The Hall–Kier alpha value is -0.770. The Kier molecular flexibility index (Phi) is 3.92. The summed E-state index contributed by atoms with van der Waals surface area (Å²) in [5.74, 6) is 0.372. The average Bonchev–Trinajstić information content (AvgIpc) is 2.69.